The summed E-state index contributed by atoms with van der Waals surface area (Å²) >= 11 is 0. The SMILES string of the molecule is C[C@]12CC[C@@]3(c4ccccc4)C(=C1C[C@@H](O)C2)CCc1cc(O)ccc13. The number of hydrogen-bond acceptors (Lipinski definition) is 2. The number of aliphatic hydroxyl groups excluding tert-OH is 1. The Morgan fingerprint density at radius 1 is 0.962 bits per heavy atom. The molecule has 1 saturated carbocycles. The van der Waals surface area contributed by atoms with Gasteiger partial charge < -0.3 is 10.2 Å². The molecule has 2 aromatic rings. The molecule has 0 heterocycles. The van der Waals surface area contributed by atoms with Gasteiger partial charge >= 0.3 is 0 Å². The molecule has 2 N–H and O–H groups in total. The van der Waals surface area contributed by atoms with E-state index in [-0.39, 0.29) is 16.9 Å². The quantitative estimate of drug-likeness (QED) is 0.723. The van der Waals surface area contributed by atoms with Crippen LogP contribution in [-0.4, -0.2) is 16.3 Å². The predicted molar refractivity (Wildman–Crippen MR) is 103 cm³/mol. The maximum absolute atomic E-state index is 10.4. The highest BCUT2D eigenvalue weighted by Gasteiger charge is 2.52. The number of benzene rings is 2. The van der Waals surface area contributed by atoms with Gasteiger partial charge in [0.25, 0.3) is 0 Å². The zero-order valence-electron chi connectivity index (χ0n) is 15.3. The maximum atomic E-state index is 10.4. The first kappa shape index (κ1) is 16.1. The average Bonchev–Trinajstić information content (AvgIpc) is 2.95. The summed E-state index contributed by atoms with van der Waals surface area (Å²) in [6.07, 6.45) is 5.73. The molecule has 3 aliphatic rings. The minimum atomic E-state index is -0.199. The molecular formula is C24H26O2. The fraction of sp³-hybridized carbons (Fsp3) is 0.417. The van der Waals surface area contributed by atoms with Gasteiger partial charge in [-0.05, 0) is 72.8 Å². The molecule has 3 atom stereocenters. The maximum Gasteiger partial charge on any atom is 0.115 e. The molecule has 0 bridgehead atoms. The average molecular weight is 346 g/mol. The zero-order valence-corrected chi connectivity index (χ0v) is 15.3. The van der Waals surface area contributed by atoms with Gasteiger partial charge in [0.1, 0.15) is 5.75 Å². The lowest BCUT2D eigenvalue weighted by molar-refractivity contribution is 0.157. The topological polar surface area (TPSA) is 40.5 Å². The molecular weight excluding hydrogens is 320 g/mol. The van der Waals surface area contributed by atoms with Crippen LogP contribution < -0.4 is 0 Å². The first-order valence-electron chi connectivity index (χ1n) is 9.82. The minimum absolute atomic E-state index is 0.0958. The van der Waals surface area contributed by atoms with Crippen LogP contribution in [0.3, 0.4) is 0 Å². The van der Waals surface area contributed by atoms with E-state index in [2.05, 4.69) is 43.3 Å². The lowest BCUT2D eigenvalue weighted by atomic mass is 9.53. The molecule has 2 nitrogen and oxygen atoms in total. The van der Waals surface area contributed by atoms with E-state index < -0.39 is 0 Å². The Kier molecular flexibility index (Phi) is 3.39. The van der Waals surface area contributed by atoms with E-state index in [1.54, 1.807) is 5.57 Å². The summed E-state index contributed by atoms with van der Waals surface area (Å²) in [4.78, 5) is 0. The van der Waals surface area contributed by atoms with E-state index in [9.17, 15) is 10.2 Å². The highest BCUT2D eigenvalue weighted by molar-refractivity contribution is 5.59. The normalized spacial score (nSPS) is 32.8. The van der Waals surface area contributed by atoms with Crippen LogP contribution >= 0.6 is 0 Å². The van der Waals surface area contributed by atoms with Crippen molar-refractivity contribution in [3.63, 3.8) is 0 Å². The number of rotatable bonds is 1. The fourth-order valence-electron chi connectivity index (χ4n) is 6.13. The number of phenols is 1. The molecule has 1 fully saturated rings. The molecule has 0 saturated heterocycles. The number of aliphatic hydroxyl groups is 1. The van der Waals surface area contributed by atoms with Crippen LogP contribution in [0.25, 0.3) is 0 Å². The second kappa shape index (κ2) is 5.47. The van der Waals surface area contributed by atoms with Crippen molar-refractivity contribution < 1.29 is 10.2 Å². The number of aryl methyl sites for hydroxylation is 1. The molecule has 3 aliphatic carbocycles. The van der Waals surface area contributed by atoms with E-state index in [0.717, 1.165) is 38.5 Å². The first-order chi connectivity index (χ1) is 12.5. The van der Waals surface area contributed by atoms with Crippen LogP contribution in [0.1, 0.15) is 55.7 Å². The van der Waals surface area contributed by atoms with Gasteiger partial charge in [0, 0.05) is 5.41 Å². The highest BCUT2D eigenvalue weighted by Crippen LogP contribution is 2.62. The second-order valence-corrected chi connectivity index (χ2v) is 8.69. The van der Waals surface area contributed by atoms with Crippen molar-refractivity contribution >= 4 is 0 Å². The molecule has 0 aromatic heterocycles. The molecule has 0 aliphatic heterocycles. The number of phenolic OH excluding ortho intramolecular Hbond substituents is 1. The zero-order chi connectivity index (χ0) is 17.9. The van der Waals surface area contributed by atoms with Gasteiger partial charge in [-0.2, -0.15) is 0 Å². The molecule has 2 aromatic carbocycles. The third kappa shape index (κ3) is 2.08. The lowest BCUT2D eigenvalue weighted by Gasteiger charge is -2.50. The molecule has 0 amide bonds. The van der Waals surface area contributed by atoms with E-state index in [4.69, 9.17) is 0 Å². The van der Waals surface area contributed by atoms with Gasteiger partial charge in [-0.25, -0.2) is 0 Å². The highest BCUT2D eigenvalue weighted by atomic mass is 16.3. The summed E-state index contributed by atoms with van der Waals surface area (Å²) in [6, 6.07) is 16.8. The molecule has 5 rings (SSSR count). The van der Waals surface area contributed by atoms with Crippen molar-refractivity contribution in [2.24, 2.45) is 5.41 Å². The van der Waals surface area contributed by atoms with Crippen molar-refractivity contribution in [2.45, 2.75) is 57.0 Å². The van der Waals surface area contributed by atoms with Gasteiger partial charge in [-0.3, -0.25) is 0 Å². The summed E-state index contributed by atoms with van der Waals surface area (Å²) < 4.78 is 0. The van der Waals surface area contributed by atoms with Gasteiger partial charge in [0.05, 0.1) is 6.10 Å². The van der Waals surface area contributed by atoms with Gasteiger partial charge in [-0.1, -0.05) is 54.5 Å². The Bertz CT molecular complexity index is 898. The van der Waals surface area contributed by atoms with Gasteiger partial charge in [0.2, 0.25) is 0 Å². The van der Waals surface area contributed by atoms with Gasteiger partial charge in [0.15, 0.2) is 0 Å². The van der Waals surface area contributed by atoms with E-state index in [1.165, 1.54) is 22.3 Å². The largest absolute Gasteiger partial charge is 0.508 e. The van der Waals surface area contributed by atoms with Crippen LogP contribution in [0, 0.1) is 5.41 Å². The van der Waals surface area contributed by atoms with Crippen LogP contribution in [0.5, 0.6) is 5.75 Å². The van der Waals surface area contributed by atoms with Crippen molar-refractivity contribution in [1.82, 2.24) is 0 Å². The minimum Gasteiger partial charge on any atom is -0.508 e. The van der Waals surface area contributed by atoms with E-state index in [0.29, 0.717) is 5.75 Å². The van der Waals surface area contributed by atoms with Crippen LogP contribution in [-0.2, 0) is 11.8 Å². The summed E-state index contributed by atoms with van der Waals surface area (Å²) in [5, 5.41) is 20.5. The molecule has 26 heavy (non-hydrogen) atoms. The van der Waals surface area contributed by atoms with E-state index >= 15 is 0 Å². The first-order valence-corrected chi connectivity index (χ1v) is 9.82. The van der Waals surface area contributed by atoms with Crippen molar-refractivity contribution in [3.8, 4) is 5.75 Å². The molecule has 2 heteroatoms. The monoisotopic (exact) mass is 346 g/mol. The number of fused-ring (bicyclic) bond motifs is 4. The Labute approximate surface area is 155 Å². The Morgan fingerprint density at radius 2 is 1.77 bits per heavy atom. The molecule has 0 spiro atoms. The van der Waals surface area contributed by atoms with Crippen molar-refractivity contribution in [1.29, 1.82) is 0 Å². The van der Waals surface area contributed by atoms with Crippen molar-refractivity contribution in [3.05, 3.63) is 76.4 Å². The lowest BCUT2D eigenvalue weighted by Crippen LogP contribution is -2.41. The Morgan fingerprint density at radius 3 is 2.58 bits per heavy atom. The summed E-state index contributed by atoms with van der Waals surface area (Å²) in [5.41, 5.74) is 7.12. The fourth-order valence-corrected chi connectivity index (χ4v) is 6.13. The van der Waals surface area contributed by atoms with Gasteiger partial charge in [-0.15, -0.1) is 0 Å². The molecule has 134 valence electrons. The molecule has 0 unspecified atom stereocenters. The number of aromatic hydroxyl groups is 1. The summed E-state index contributed by atoms with van der Waals surface area (Å²) in [5.74, 6) is 0.361. The smallest absolute Gasteiger partial charge is 0.115 e. The van der Waals surface area contributed by atoms with Crippen LogP contribution in [0.2, 0.25) is 0 Å². The third-order valence-corrected chi connectivity index (χ3v) is 7.25. The van der Waals surface area contributed by atoms with Crippen LogP contribution in [0.4, 0.5) is 0 Å². The standard InChI is InChI=1S/C24H26O2/c1-23-11-12-24(17-5-3-2-4-6-17)20-10-8-18(25)13-16(20)7-9-21(24)22(23)14-19(26)15-23/h2-6,8,10,13,19,25-26H,7,9,11-12,14-15H2,1H3/t19-,23-,24+/m1/s1. The third-order valence-electron chi connectivity index (χ3n) is 7.25. The van der Waals surface area contributed by atoms with E-state index in [1.807, 2.05) is 12.1 Å². The van der Waals surface area contributed by atoms with Crippen LogP contribution in [0.15, 0.2) is 59.7 Å². The molecule has 0 radical (unpaired) electrons. The predicted octanol–water partition coefficient (Wildman–Crippen LogP) is 4.88. The summed E-state index contributed by atoms with van der Waals surface area (Å²) in [6.45, 7) is 2.35. The Balaban J connectivity index is 1.82. The Hall–Kier alpha value is -2.06. The summed E-state index contributed by atoms with van der Waals surface area (Å²) in [7, 11) is 0. The number of hydrogen-bond donors (Lipinski definition) is 2. The second-order valence-electron chi connectivity index (χ2n) is 8.69. The number of allylic oxidation sites excluding steroid dienone is 1. The van der Waals surface area contributed by atoms with Crippen molar-refractivity contribution in [2.75, 3.05) is 0 Å².